The number of aryl methyl sites for hydroxylation is 5. The molecule has 0 saturated heterocycles. The second-order valence-corrected chi connectivity index (χ2v) is 24.3. The first kappa shape index (κ1) is 66.6. The molecule has 0 radical (unpaired) electrons. The number of benzene rings is 3. The topological polar surface area (TPSA) is 200 Å². The van der Waals surface area contributed by atoms with Crippen LogP contribution >= 0.6 is 11.3 Å². The Morgan fingerprint density at radius 1 is 0.722 bits per heavy atom. The number of hydrogen-bond acceptors (Lipinski definition) is 11. The number of primary amides is 1. The minimum atomic E-state index is -0.567. The van der Waals surface area contributed by atoms with Gasteiger partial charge in [0.15, 0.2) is 6.29 Å². The summed E-state index contributed by atoms with van der Waals surface area (Å²) in [7, 11) is 1.83. The second-order valence-electron chi connectivity index (χ2n) is 23.3. The normalized spacial score (nSPS) is 14.0. The van der Waals surface area contributed by atoms with E-state index in [0.717, 1.165) is 77.3 Å². The molecule has 7 aromatic heterocycles. The number of carbonyl (C=O) groups is 4. The van der Waals surface area contributed by atoms with Crippen LogP contribution in [-0.4, -0.2) is 60.5 Å². The van der Waals surface area contributed by atoms with Gasteiger partial charge in [0, 0.05) is 82.2 Å². The van der Waals surface area contributed by atoms with Gasteiger partial charge in [-0.15, -0.1) is 11.3 Å². The average molecular weight is 1230 g/mol. The Kier molecular flexibility index (Phi) is 22.4. The fourth-order valence-corrected chi connectivity index (χ4v) is 12.3. The van der Waals surface area contributed by atoms with Crippen molar-refractivity contribution in [3.8, 4) is 21.6 Å². The molecule has 10 aromatic rings. The lowest BCUT2D eigenvalue weighted by molar-refractivity contribution is 0.0950. The molecule has 2 atom stereocenters. The van der Waals surface area contributed by atoms with Crippen molar-refractivity contribution >= 4 is 62.2 Å². The lowest BCUT2D eigenvalue weighted by atomic mass is 9.89. The van der Waals surface area contributed by atoms with Crippen LogP contribution in [0, 0.1) is 44.2 Å². The van der Waals surface area contributed by atoms with Gasteiger partial charge >= 0.3 is 0 Å². The highest BCUT2D eigenvalue weighted by Gasteiger charge is 2.36. The molecule has 0 fully saturated rings. The number of aldehydes is 1. The van der Waals surface area contributed by atoms with Crippen molar-refractivity contribution < 1.29 is 28.0 Å². The second kappa shape index (κ2) is 30.2. The summed E-state index contributed by atoms with van der Waals surface area (Å²) in [5, 5.41) is 11.0. The Morgan fingerprint density at radius 2 is 1.33 bits per heavy atom. The summed E-state index contributed by atoms with van der Waals surface area (Å²) < 4.78 is 27.3. The summed E-state index contributed by atoms with van der Waals surface area (Å²) in [4.78, 5) is 73.9. The van der Waals surface area contributed by atoms with Gasteiger partial charge < -0.3 is 26.3 Å². The summed E-state index contributed by atoms with van der Waals surface area (Å²) in [5.74, 6) is 0.104. The van der Waals surface area contributed by atoms with Crippen molar-refractivity contribution in [1.29, 1.82) is 0 Å². The molecular formula is C73H80F2N10O4S. The molecule has 3 aliphatic rings. The monoisotopic (exact) mass is 1230 g/mol. The Bertz CT molecular complexity index is 4070. The number of nitrogens with two attached hydrogens (primary N) is 1. The molecule has 3 amide bonds. The number of carbonyl (C=O) groups excluding carboxylic acids is 4. The molecule has 9 heterocycles. The zero-order valence-electron chi connectivity index (χ0n) is 53.4. The largest absolute Gasteiger partial charge is 0.372 e. The van der Waals surface area contributed by atoms with Gasteiger partial charge in [0.25, 0.3) is 17.7 Å². The minimum absolute atomic E-state index is 0.170. The molecule has 2 unspecified atom stereocenters. The molecule has 90 heavy (non-hydrogen) atoms. The third kappa shape index (κ3) is 15.7. The minimum Gasteiger partial charge on any atom is -0.372 e. The molecular weight excluding hydrogens is 1150 g/mol. The molecule has 0 saturated carbocycles. The van der Waals surface area contributed by atoms with E-state index in [0.29, 0.717) is 70.1 Å². The SMILES string of the molecule is CC.CNc1nccc2cc(-c3c(C=O)c(CC(C)C)nc4c3C(=O)NC4C)sc12.Cc1ccc(Cn2ccc3cc(-c4c(C(N)=O)c(CC(C)C)nc5c4C(=O)NC5C)ccc32)cn1.Cc1ccc(F)cc1.Cc1ccc(F)cc1.c1cnc2c(c1)CCC2. The Balaban J connectivity index is 0.000000166. The smallest absolute Gasteiger partial charge is 0.254 e. The molecule has 13 rings (SSSR count). The molecule has 0 bridgehead atoms. The average Bonchev–Trinajstić information content (AvgIpc) is 1.42. The van der Waals surface area contributed by atoms with Crippen LogP contribution in [0.1, 0.15) is 172 Å². The van der Waals surface area contributed by atoms with E-state index in [9.17, 15) is 28.0 Å². The highest BCUT2D eigenvalue weighted by molar-refractivity contribution is 7.22. The summed E-state index contributed by atoms with van der Waals surface area (Å²) in [5.41, 5.74) is 20.7. The predicted octanol–water partition coefficient (Wildman–Crippen LogP) is 15.6. The number of nitrogens with one attached hydrogen (secondary N) is 3. The van der Waals surface area contributed by atoms with Gasteiger partial charge in [-0.2, -0.15) is 0 Å². The number of thiophene rings is 1. The number of rotatable bonds is 11. The molecule has 5 N–H and O–H groups in total. The summed E-state index contributed by atoms with van der Waals surface area (Å²) in [6.45, 7) is 22.7. The first-order valence-electron chi connectivity index (χ1n) is 30.7. The van der Waals surface area contributed by atoms with Gasteiger partial charge in [0.05, 0.1) is 56.2 Å². The summed E-state index contributed by atoms with van der Waals surface area (Å²) >= 11 is 1.54. The third-order valence-corrected chi connectivity index (χ3v) is 16.5. The number of hydrogen-bond donors (Lipinski definition) is 4. The van der Waals surface area contributed by atoms with Crippen molar-refractivity contribution in [2.24, 2.45) is 17.6 Å². The highest BCUT2D eigenvalue weighted by atomic mass is 32.1. The van der Waals surface area contributed by atoms with E-state index in [1.807, 2.05) is 123 Å². The molecule has 466 valence electrons. The third-order valence-electron chi connectivity index (χ3n) is 15.3. The standard InChI is InChI=1S/C28H29N5O2.C21H22N4O2S.C8H9N.2C7H7F.C2H6/c1-15(2)11-21-24(27(29)34)23(25-26(32-21)17(4)31-28(25)35)20-7-8-22-19(12-20)9-10-33(22)14-18-6-5-16(3)30-13-18;1-10(2)7-14-13(9-26)16(17-18(25-14)11(3)24-21(17)27)15-8-12-5-6-23-20(22-4)19(12)28-15;1-3-7-4-2-6-9-8(7)5-1;2*1-6-2-4-7(8)5-3-6;1-2/h5-10,12-13,15,17H,11,14H2,1-4H3,(H2,29,34)(H,31,35);5-6,8-11H,7H2,1-4H3,(H,22,23)(H,24,27);2,4,6H,1,3,5H2;2*2-5H,1H3;1-2H3. The quantitative estimate of drug-likeness (QED) is 0.0904. The molecule has 14 nitrogen and oxygen atoms in total. The number of fused-ring (bicyclic) bond motifs is 5. The number of nitrogens with zero attached hydrogens (tertiary/aromatic N) is 6. The maximum absolute atomic E-state index is 13.0. The Hall–Kier alpha value is -9.35. The van der Waals surface area contributed by atoms with Crippen molar-refractivity contribution in [3.63, 3.8) is 0 Å². The van der Waals surface area contributed by atoms with E-state index < -0.39 is 5.91 Å². The molecule has 1 aliphatic carbocycles. The maximum atomic E-state index is 13.0. The van der Waals surface area contributed by atoms with Crippen molar-refractivity contribution in [1.82, 2.24) is 40.1 Å². The fourth-order valence-electron chi connectivity index (χ4n) is 11.1. The highest BCUT2D eigenvalue weighted by Crippen LogP contribution is 2.44. The van der Waals surface area contributed by atoms with Gasteiger partial charge in [0.2, 0.25) is 0 Å². The number of aromatic nitrogens is 6. The van der Waals surface area contributed by atoms with Gasteiger partial charge in [0.1, 0.15) is 17.5 Å². The summed E-state index contributed by atoms with van der Waals surface area (Å²) in [6, 6.07) is 32.7. The molecule has 0 spiro atoms. The molecule has 3 aromatic carbocycles. The van der Waals surface area contributed by atoms with Crippen LogP contribution in [0.2, 0.25) is 0 Å². The van der Waals surface area contributed by atoms with Gasteiger partial charge in [-0.25, -0.2) is 13.8 Å². The Morgan fingerprint density at radius 3 is 1.89 bits per heavy atom. The van der Waals surface area contributed by atoms with E-state index in [1.165, 1.54) is 66.1 Å². The number of amides is 3. The number of anilines is 1. The van der Waals surface area contributed by atoms with Crippen LogP contribution in [0.5, 0.6) is 0 Å². The van der Waals surface area contributed by atoms with E-state index in [4.69, 9.17) is 15.7 Å². The van der Waals surface area contributed by atoms with Gasteiger partial charge in [-0.3, -0.25) is 39.1 Å². The van der Waals surface area contributed by atoms with E-state index in [1.54, 1.807) is 30.5 Å². The van der Waals surface area contributed by atoms with Gasteiger partial charge in [-0.1, -0.05) is 95.1 Å². The van der Waals surface area contributed by atoms with Crippen LogP contribution in [0.25, 0.3) is 42.6 Å². The zero-order chi connectivity index (χ0) is 64.9. The fraction of sp³-hybridized carbons (Fsp3) is 0.301. The van der Waals surface area contributed by atoms with E-state index >= 15 is 0 Å². The Labute approximate surface area is 530 Å². The lowest BCUT2D eigenvalue weighted by Crippen LogP contribution is -2.20. The predicted molar refractivity (Wildman–Crippen MR) is 358 cm³/mol. The molecule has 2 aliphatic heterocycles. The van der Waals surface area contributed by atoms with Crippen LogP contribution < -0.4 is 21.7 Å². The van der Waals surface area contributed by atoms with Crippen LogP contribution in [0.15, 0.2) is 134 Å². The first-order chi connectivity index (χ1) is 43.2. The van der Waals surface area contributed by atoms with Crippen LogP contribution in [0.3, 0.4) is 0 Å². The van der Waals surface area contributed by atoms with Crippen LogP contribution in [-0.2, 0) is 32.2 Å². The maximum Gasteiger partial charge on any atom is 0.254 e. The van der Waals surface area contributed by atoms with Gasteiger partial charge in [-0.05, 0) is 167 Å². The molecule has 17 heteroatoms. The van der Waals surface area contributed by atoms with Crippen molar-refractivity contribution in [2.45, 2.75) is 127 Å². The van der Waals surface area contributed by atoms with Crippen molar-refractivity contribution in [3.05, 3.63) is 224 Å². The number of pyridine rings is 5. The van der Waals surface area contributed by atoms with Crippen LogP contribution in [0.4, 0.5) is 14.6 Å². The van der Waals surface area contributed by atoms with E-state index in [-0.39, 0.29) is 41.5 Å². The summed E-state index contributed by atoms with van der Waals surface area (Å²) in [6.07, 6.45) is 13.4. The zero-order valence-corrected chi connectivity index (χ0v) is 54.2. The first-order valence-corrected chi connectivity index (χ1v) is 31.5. The van der Waals surface area contributed by atoms with Crippen molar-refractivity contribution in [2.75, 3.05) is 12.4 Å². The van der Waals surface area contributed by atoms with E-state index in [2.05, 4.69) is 75.3 Å². The number of halogens is 2. The lowest BCUT2D eigenvalue weighted by Gasteiger charge is -2.18.